The number of rotatable bonds is 5. The smallest absolute Gasteiger partial charge is 0.245 e. The molecular formula is C9H15BrN2O3S. The van der Waals surface area contributed by atoms with Crippen molar-refractivity contribution in [2.75, 3.05) is 0 Å². The van der Waals surface area contributed by atoms with Gasteiger partial charge in [-0.15, -0.1) is 0 Å². The lowest BCUT2D eigenvalue weighted by molar-refractivity contribution is 0.482. The maximum Gasteiger partial charge on any atom is 0.245 e. The molecule has 0 bridgehead atoms. The Labute approximate surface area is 104 Å². The van der Waals surface area contributed by atoms with Crippen LogP contribution in [-0.4, -0.2) is 14.5 Å². The van der Waals surface area contributed by atoms with E-state index in [1.54, 1.807) is 6.92 Å². The first kappa shape index (κ1) is 13.7. The molecule has 7 heteroatoms. The highest BCUT2D eigenvalue weighted by Gasteiger charge is 2.23. The summed E-state index contributed by atoms with van der Waals surface area (Å²) in [5, 5.41) is 0. The molecule has 1 heterocycles. The van der Waals surface area contributed by atoms with Gasteiger partial charge < -0.3 is 10.2 Å². The van der Waals surface area contributed by atoms with Crippen molar-refractivity contribution in [3.05, 3.63) is 16.5 Å². The van der Waals surface area contributed by atoms with Gasteiger partial charge in [-0.1, -0.05) is 6.92 Å². The third-order valence-electron chi connectivity index (χ3n) is 2.17. The second kappa shape index (κ2) is 5.31. The van der Waals surface area contributed by atoms with E-state index >= 15 is 0 Å². The highest BCUT2D eigenvalue weighted by molar-refractivity contribution is 9.10. The summed E-state index contributed by atoms with van der Waals surface area (Å²) in [5.41, 5.74) is 5.37. The molecule has 0 fully saturated rings. The summed E-state index contributed by atoms with van der Waals surface area (Å²) < 4.78 is 31.7. The summed E-state index contributed by atoms with van der Waals surface area (Å²) in [6.45, 7) is 3.87. The summed E-state index contributed by atoms with van der Waals surface area (Å²) in [6, 6.07) is 1.31. The van der Waals surface area contributed by atoms with Crippen molar-refractivity contribution in [2.45, 2.75) is 37.8 Å². The Kier molecular flexibility index (Phi) is 4.54. The van der Waals surface area contributed by atoms with Gasteiger partial charge in [-0.2, -0.15) is 0 Å². The third-order valence-corrected chi connectivity index (χ3v) is 4.61. The van der Waals surface area contributed by atoms with Crippen LogP contribution in [-0.2, 0) is 16.6 Å². The van der Waals surface area contributed by atoms with Gasteiger partial charge in [-0.3, -0.25) is 0 Å². The van der Waals surface area contributed by atoms with Gasteiger partial charge in [0.05, 0.1) is 6.54 Å². The predicted octanol–water partition coefficient (Wildman–Crippen LogP) is 1.58. The van der Waals surface area contributed by atoms with Crippen molar-refractivity contribution in [2.24, 2.45) is 5.73 Å². The fourth-order valence-corrected chi connectivity index (χ4v) is 3.42. The molecule has 1 unspecified atom stereocenters. The van der Waals surface area contributed by atoms with Crippen LogP contribution in [0.4, 0.5) is 0 Å². The molecule has 3 N–H and O–H groups in total. The molecule has 0 amide bonds. The second-order valence-corrected chi connectivity index (χ2v) is 5.89. The van der Waals surface area contributed by atoms with Crippen molar-refractivity contribution in [1.82, 2.24) is 4.72 Å². The highest BCUT2D eigenvalue weighted by atomic mass is 79.9. The monoisotopic (exact) mass is 310 g/mol. The van der Waals surface area contributed by atoms with Gasteiger partial charge in [0.2, 0.25) is 10.0 Å². The zero-order chi connectivity index (χ0) is 12.3. The molecule has 1 rings (SSSR count). The van der Waals surface area contributed by atoms with Gasteiger partial charge in [0.15, 0.2) is 4.67 Å². The van der Waals surface area contributed by atoms with Crippen LogP contribution in [0.3, 0.4) is 0 Å². The van der Waals surface area contributed by atoms with Gasteiger partial charge in [0.1, 0.15) is 10.7 Å². The van der Waals surface area contributed by atoms with Crippen molar-refractivity contribution < 1.29 is 12.8 Å². The van der Waals surface area contributed by atoms with E-state index in [0.29, 0.717) is 5.76 Å². The summed E-state index contributed by atoms with van der Waals surface area (Å²) in [6.07, 6.45) is 0.721. The van der Waals surface area contributed by atoms with Gasteiger partial charge in [-0.05, 0) is 29.3 Å². The van der Waals surface area contributed by atoms with Crippen molar-refractivity contribution >= 4 is 26.0 Å². The molecule has 1 atom stereocenters. The Hall–Kier alpha value is -0.370. The summed E-state index contributed by atoms with van der Waals surface area (Å²) >= 11 is 3.06. The molecule has 1 aromatic heterocycles. The predicted molar refractivity (Wildman–Crippen MR) is 64.4 cm³/mol. The molecule has 0 radical (unpaired) electrons. The maximum atomic E-state index is 11.9. The Morgan fingerprint density at radius 1 is 1.62 bits per heavy atom. The Bertz CT molecular complexity index is 455. The lowest BCUT2D eigenvalue weighted by Gasteiger charge is -2.10. The van der Waals surface area contributed by atoms with E-state index in [4.69, 9.17) is 10.2 Å². The summed E-state index contributed by atoms with van der Waals surface area (Å²) in [5.74, 6) is 0.427. The molecule has 0 aliphatic heterocycles. The van der Waals surface area contributed by atoms with Crippen LogP contribution >= 0.6 is 15.9 Å². The first-order chi connectivity index (χ1) is 7.40. The van der Waals surface area contributed by atoms with E-state index in [1.165, 1.54) is 6.07 Å². The van der Waals surface area contributed by atoms with Gasteiger partial charge in [0, 0.05) is 12.1 Å². The number of nitrogens with two attached hydrogens (primary N) is 1. The molecule has 5 nitrogen and oxygen atoms in total. The molecular weight excluding hydrogens is 296 g/mol. The minimum atomic E-state index is -3.54. The third kappa shape index (κ3) is 3.07. The molecule has 0 aromatic carbocycles. The Balaban J connectivity index is 3.02. The normalized spacial score (nSPS) is 14.0. The quantitative estimate of drug-likeness (QED) is 0.864. The SMILES string of the molecule is CCC(C)NS(=O)(=O)c1cc(CN)oc1Br. The van der Waals surface area contributed by atoms with Crippen LogP contribution in [0.25, 0.3) is 0 Å². The molecule has 16 heavy (non-hydrogen) atoms. The minimum absolute atomic E-state index is 0.0910. The van der Waals surface area contributed by atoms with Crippen LogP contribution in [0, 0.1) is 0 Å². The topological polar surface area (TPSA) is 85.3 Å². The number of nitrogens with one attached hydrogen (secondary N) is 1. The Morgan fingerprint density at radius 3 is 2.69 bits per heavy atom. The van der Waals surface area contributed by atoms with E-state index in [0.717, 1.165) is 6.42 Å². The van der Waals surface area contributed by atoms with Gasteiger partial charge in [-0.25, -0.2) is 13.1 Å². The summed E-state index contributed by atoms with van der Waals surface area (Å²) in [4.78, 5) is 0.0910. The molecule has 0 aliphatic rings. The zero-order valence-electron chi connectivity index (χ0n) is 9.16. The number of furan rings is 1. The first-order valence-electron chi connectivity index (χ1n) is 4.91. The molecule has 0 spiro atoms. The number of halogens is 1. The van der Waals surface area contributed by atoms with Crippen molar-refractivity contribution in [3.63, 3.8) is 0 Å². The molecule has 92 valence electrons. The second-order valence-electron chi connectivity index (χ2n) is 3.49. The van der Waals surface area contributed by atoms with Crippen LogP contribution in [0.1, 0.15) is 26.0 Å². The van der Waals surface area contributed by atoms with Crippen LogP contribution in [0.5, 0.6) is 0 Å². The van der Waals surface area contributed by atoms with E-state index in [1.807, 2.05) is 6.92 Å². The van der Waals surface area contributed by atoms with Crippen LogP contribution < -0.4 is 10.5 Å². The van der Waals surface area contributed by atoms with E-state index < -0.39 is 10.0 Å². The van der Waals surface area contributed by atoms with Gasteiger partial charge >= 0.3 is 0 Å². The van der Waals surface area contributed by atoms with Crippen LogP contribution in [0.15, 0.2) is 20.0 Å². The van der Waals surface area contributed by atoms with E-state index in [9.17, 15) is 8.42 Å². The Morgan fingerprint density at radius 2 is 2.25 bits per heavy atom. The first-order valence-corrected chi connectivity index (χ1v) is 7.19. The van der Waals surface area contributed by atoms with Crippen molar-refractivity contribution in [1.29, 1.82) is 0 Å². The van der Waals surface area contributed by atoms with Crippen LogP contribution in [0.2, 0.25) is 0 Å². The van der Waals surface area contributed by atoms with Gasteiger partial charge in [0.25, 0.3) is 0 Å². The highest BCUT2D eigenvalue weighted by Crippen LogP contribution is 2.26. The fraction of sp³-hybridized carbons (Fsp3) is 0.556. The van der Waals surface area contributed by atoms with E-state index in [2.05, 4.69) is 20.7 Å². The number of hydrogen-bond acceptors (Lipinski definition) is 4. The maximum absolute atomic E-state index is 11.9. The minimum Gasteiger partial charge on any atom is -0.452 e. The largest absolute Gasteiger partial charge is 0.452 e. The standard InChI is InChI=1S/C9H15BrN2O3S/c1-3-6(2)12-16(13,14)8-4-7(5-11)15-9(8)10/h4,6,12H,3,5,11H2,1-2H3. The average molecular weight is 311 g/mol. The molecule has 0 aliphatic carbocycles. The van der Waals surface area contributed by atoms with Crippen molar-refractivity contribution in [3.8, 4) is 0 Å². The average Bonchev–Trinajstić information content (AvgIpc) is 2.59. The number of sulfonamides is 1. The fourth-order valence-electron chi connectivity index (χ4n) is 1.09. The lowest BCUT2D eigenvalue weighted by Crippen LogP contribution is -2.31. The zero-order valence-corrected chi connectivity index (χ0v) is 11.6. The summed E-state index contributed by atoms with van der Waals surface area (Å²) in [7, 11) is -3.54. The molecule has 1 aromatic rings. The lowest BCUT2D eigenvalue weighted by atomic mass is 10.3. The molecule has 0 saturated heterocycles. The number of hydrogen-bond donors (Lipinski definition) is 2. The molecule has 0 saturated carbocycles. The van der Waals surface area contributed by atoms with E-state index in [-0.39, 0.29) is 22.2 Å².